The lowest BCUT2D eigenvalue weighted by Crippen LogP contribution is -2.46. The van der Waals surface area contributed by atoms with E-state index in [1.807, 2.05) is 0 Å². The summed E-state index contributed by atoms with van der Waals surface area (Å²) >= 11 is 0. The number of aliphatic hydroxyl groups is 3. The fourth-order valence-electron chi connectivity index (χ4n) is 9.25. The molecule has 4 aromatic rings. The predicted molar refractivity (Wildman–Crippen MR) is 260 cm³/mol. The molecule has 0 unspecified atom stereocenters. The van der Waals surface area contributed by atoms with Gasteiger partial charge < -0.3 is 54.9 Å². The van der Waals surface area contributed by atoms with Crippen molar-refractivity contribution in [2.24, 2.45) is 28.8 Å². The molecule has 70 heavy (non-hydrogen) atoms. The number of nitrogens with zero attached hydrogens (tertiary/aromatic N) is 1. The molecule has 3 heterocycles. The second-order valence-electron chi connectivity index (χ2n) is 18.1. The largest absolute Gasteiger partial charge is 0.507 e. The lowest BCUT2D eigenvalue weighted by molar-refractivity contribution is -0.160. The van der Waals surface area contributed by atoms with E-state index in [0.717, 1.165) is 12.5 Å². The highest BCUT2D eigenvalue weighted by Crippen LogP contribution is 2.55. The maximum atomic E-state index is 14.6. The molecule has 0 saturated carbocycles. The molecule has 0 fully saturated rings. The number of phenols is 3. The zero-order valence-electron chi connectivity index (χ0n) is 40.5. The number of methoxy groups -OCH3 is 1. The van der Waals surface area contributed by atoms with Crippen molar-refractivity contribution < 1.29 is 68.8 Å². The van der Waals surface area contributed by atoms with Gasteiger partial charge in [0.25, 0.3) is 17.6 Å². The number of nitrogens with one attached hydrogen (secondary N) is 2. The van der Waals surface area contributed by atoms with Gasteiger partial charge in [-0.3, -0.25) is 19.2 Å². The number of hydrazone groups is 1. The number of fused-ring (bicyclic) bond motifs is 14. The predicted octanol–water partition coefficient (Wildman–Crippen LogP) is 6.18. The minimum atomic E-state index is -2.16. The lowest BCUT2D eigenvalue weighted by Gasteiger charge is -2.38. The monoisotopic (exact) mass is 963 g/mol. The Bertz CT molecular complexity index is 2710. The smallest absolute Gasteiger partial charge is 0.312 e. The maximum absolute atomic E-state index is 14.6. The lowest BCUT2D eigenvalue weighted by atomic mass is 9.74. The number of carbonyl (C=O) groups is 4. The summed E-state index contributed by atoms with van der Waals surface area (Å²) < 4.78 is 23.6. The second kappa shape index (κ2) is 21.3. The number of amides is 2. The number of esters is 1. The summed E-state index contributed by atoms with van der Waals surface area (Å²) in [6.07, 6.45) is 4.00. The maximum Gasteiger partial charge on any atom is 0.312 e. The zero-order chi connectivity index (χ0) is 51.4. The van der Waals surface area contributed by atoms with E-state index in [1.54, 1.807) is 94.4 Å². The Morgan fingerprint density at radius 3 is 2.06 bits per heavy atom. The SMILES string of the molecule is CO[C@H]1/C=C/O[C@@]2(C)Oc3c(C)c(O)c4c(O)c(c(C=NNC(=O)C(CO)(c5ccccc5)c5ccccc5)c(O)c4c3C2=O)NC(=O)/C(C)=C\C=C\[C@@H](C)[C@H](O)[C@@H](C)[C@@H](O)[C@@H](C)[C@H](OC(C)=O)[C@@H]1C. The average molecular weight is 964 g/mol. The molecular weight excluding hydrogens is 903 g/mol. The van der Waals surface area contributed by atoms with Crippen molar-refractivity contribution in [2.75, 3.05) is 19.0 Å². The van der Waals surface area contributed by atoms with E-state index in [2.05, 4.69) is 15.8 Å². The number of hydrogen-bond donors (Lipinski definition) is 8. The third-order valence-electron chi connectivity index (χ3n) is 13.6. The first-order chi connectivity index (χ1) is 33.2. The van der Waals surface area contributed by atoms with Crippen LogP contribution in [0, 0.1) is 30.6 Å². The van der Waals surface area contributed by atoms with E-state index >= 15 is 0 Å². The summed E-state index contributed by atoms with van der Waals surface area (Å²) in [5.41, 5.74) is 0.439. The van der Waals surface area contributed by atoms with Crippen LogP contribution >= 0.6 is 0 Å². The number of rotatable bonds is 8. The van der Waals surface area contributed by atoms with Gasteiger partial charge in [-0.25, -0.2) is 5.43 Å². The van der Waals surface area contributed by atoms with E-state index in [0.29, 0.717) is 11.1 Å². The minimum absolute atomic E-state index is 0.0348. The number of ether oxygens (including phenoxy) is 4. The highest BCUT2D eigenvalue weighted by atomic mass is 16.7. The van der Waals surface area contributed by atoms with E-state index in [-0.39, 0.29) is 22.4 Å². The molecule has 2 amide bonds. The molecule has 0 spiro atoms. The van der Waals surface area contributed by atoms with Crippen LogP contribution in [0.2, 0.25) is 0 Å². The molecule has 0 radical (unpaired) electrons. The minimum Gasteiger partial charge on any atom is -0.507 e. The Balaban J connectivity index is 1.53. The molecule has 3 aliphatic rings. The van der Waals surface area contributed by atoms with Crippen molar-refractivity contribution in [3.05, 3.63) is 125 Å². The average Bonchev–Trinajstić information content (AvgIpc) is 3.61. The quantitative estimate of drug-likeness (QED) is 0.0322. The van der Waals surface area contributed by atoms with Crippen molar-refractivity contribution in [3.8, 4) is 23.0 Å². The van der Waals surface area contributed by atoms with Gasteiger partial charge in [-0.1, -0.05) is 107 Å². The van der Waals surface area contributed by atoms with Crippen LogP contribution in [0.15, 0.2) is 102 Å². The topological polar surface area (TPSA) is 263 Å². The van der Waals surface area contributed by atoms with E-state index in [9.17, 15) is 49.8 Å². The molecule has 0 saturated heterocycles. The van der Waals surface area contributed by atoms with Crippen molar-refractivity contribution in [2.45, 2.75) is 91.0 Å². The Kier molecular flexibility index (Phi) is 15.9. The van der Waals surface area contributed by atoms with Crippen LogP contribution in [0.4, 0.5) is 5.69 Å². The molecule has 0 aliphatic carbocycles. The summed E-state index contributed by atoms with van der Waals surface area (Å²) in [5.74, 6) is -10.3. The summed E-state index contributed by atoms with van der Waals surface area (Å²) in [6.45, 7) is 11.5. The Labute approximate surface area is 405 Å². The molecule has 3 aliphatic heterocycles. The fourth-order valence-corrected chi connectivity index (χ4v) is 9.25. The van der Waals surface area contributed by atoms with Crippen LogP contribution in [-0.2, 0) is 34.0 Å². The first-order valence-corrected chi connectivity index (χ1v) is 22.8. The first-order valence-electron chi connectivity index (χ1n) is 22.8. The zero-order valence-corrected chi connectivity index (χ0v) is 40.5. The van der Waals surface area contributed by atoms with Gasteiger partial charge in [0.15, 0.2) is 5.75 Å². The highest BCUT2D eigenvalue weighted by molar-refractivity contribution is 6.24. The highest BCUT2D eigenvalue weighted by Gasteiger charge is 2.50. The number of anilines is 1. The molecule has 9 atom stereocenters. The van der Waals surface area contributed by atoms with Crippen molar-refractivity contribution in [1.29, 1.82) is 0 Å². The van der Waals surface area contributed by atoms with Crippen LogP contribution in [0.5, 0.6) is 23.0 Å². The molecule has 17 nitrogen and oxygen atoms in total. The van der Waals surface area contributed by atoms with Crippen LogP contribution in [-0.4, -0.2) is 104 Å². The normalized spacial score (nSPS) is 27.3. The van der Waals surface area contributed by atoms with Gasteiger partial charge in [-0.05, 0) is 31.1 Å². The van der Waals surface area contributed by atoms with Crippen molar-refractivity contribution in [3.63, 3.8) is 0 Å². The van der Waals surface area contributed by atoms with Gasteiger partial charge in [0.1, 0.15) is 28.8 Å². The number of carbonyl (C=O) groups excluding carboxylic acids is 4. The standard InChI is InChI=1S/C53H61N3O14/c1-27-17-16-18-28(2)50(65)55-41-36(25-54-56-51(66)53(26-57,34-19-12-10-13-20-34)35-21-14-11-15-22-35)45(62)38-39(46(41)63)44(61)32(6)48-40(38)49(64)52(8,70-48)68-24-23-37(67-9)29(3)47(69-33(7)58)31(5)43(60)30(4)42(27)59/h10-25,27,29-31,37,42-43,47,57,59-63H,26H2,1-9H3,(H,55,65)(H,56,66)/b17-16+,24-23+,28-18-,54-25?/t27-,29-,30-,31-,37+,42+,43-,47-,52+/m1/s1. The Morgan fingerprint density at radius 2 is 1.49 bits per heavy atom. The summed E-state index contributed by atoms with van der Waals surface area (Å²) in [7, 11) is 1.41. The molecule has 372 valence electrons. The second-order valence-corrected chi connectivity index (χ2v) is 18.1. The van der Waals surface area contributed by atoms with Crippen LogP contribution in [0.25, 0.3) is 10.8 Å². The summed E-state index contributed by atoms with van der Waals surface area (Å²) in [5, 5.41) is 76.0. The van der Waals surface area contributed by atoms with Crippen molar-refractivity contribution in [1.82, 2.24) is 5.43 Å². The van der Waals surface area contributed by atoms with Crippen LogP contribution < -0.4 is 15.5 Å². The molecule has 5 bridgehead atoms. The van der Waals surface area contributed by atoms with Gasteiger partial charge in [0, 0.05) is 61.2 Å². The van der Waals surface area contributed by atoms with E-state index in [4.69, 9.17) is 18.9 Å². The molecule has 0 aromatic heterocycles. The van der Waals surface area contributed by atoms with Gasteiger partial charge in [-0.15, -0.1) is 0 Å². The van der Waals surface area contributed by atoms with E-state index in [1.165, 1.54) is 53.0 Å². The molecule has 8 N–H and O–H groups in total. The molecule has 17 heteroatoms. The van der Waals surface area contributed by atoms with E-state index < -0.39 is 129 Å². The number of phenolic OH excluding ortho intramolecular Hbond substituents is 3. The van der Waals surface area contributed by atoms with Gasteiger partial charge in [-0.2, -0.15) is 5.10 Å². The Morgan fingerprint density at radius 1 is 0.871 bits per heavy atom. The molecule has 7 rings (SSSR count). The molecule has 4 aromatic carbocycles. The van der Waals surface area contributed by atoms with Gasteiger partial charge in [0.05, 0.1) is 59.6 Å². The van der Waals surface area contributed by atoms with Crippen molar-refractivity contribution >= 4 is 46.2 Å². The summed E-state index contributed by atoms with van der Waals surface area (Å²) in [6, 6.07) is 17.0. The van der Waals surface area contributed by atoms with Crippen LogP contribution in [0.1, 0.15) is 81.1 Å². The number of benzene rings is 4. The number of ketones is 1. The number of Topliss-reactive ketones (excluding diaryl/α,β-unsaturated/α-hetero) is 1. The van der Waals surface area contributed by atoms with Gasteiger partial charge >= 0.3 is 11.8 Å². The number of hydrogen-bond acceptors (Lipinski definition) is 15. The van der Waals surface area contributed by atoms with Gasteiger partial charge in [0.2, 0.25) is 0 Å². The first kappa shape index (κ1) is 52.3. The molecular formula is C53H61N3O14. The number of aliphatic hydroxyl groups excluding tert-OH is 3. The number of allylic oxidation sites excluding steroid dienone is 2. The van der Waals surface area contributed by atoms with Crippen LogP contribution in [0.3, 0.4) is 0 Å². The number of aromatic hydroxyl groups is 3. The Hall–Kier alpha value is -7.05. The third-order valence-corrected chi connectivity index (χ3v) is 13.6. The third kappa shape index (κ3) is 9.74. The summed E-state index contributed by atoms with van der Waals surface area (Å²) in [4.78, 5) is 55.4. The fraction of sp³-hybridized carbons (Fsp3) is 0.377.